The van der Waals surface area contributed by atoms with Crippen LogP contribution in [0.2, 0.25) is 5.02 Å². The first-order valence-electron chi connectivity index (χ1n) is 9.51. The molecule has 12 heteroatoms. The van der Waals surface area contributed by atoms with Gasteiger partial charge in [0.05, 0.1) is 31.7 Å². The van der Waals surface area contributed by atoms with Crippen LogP contribution in [0.5, 0.6) is 0 Å². The van der Waals surface area contributed by atoms with Crippen LogP contribution in [0, 0.1) is 0 Å². The zero-order valence-electron chi connectivity index (χ0n) is 16.1. The summed E-state index contributed by atoms with van der Waals surface area (Å²) in [6.07, 6.45) is 0.256. The maximum atomic E-state index is 13.1. The number of benzene rings is 1. The lowest BCUT2D eigenvalue weighted by molar-refractivity contribution is -0.134. The lowest BCUT2D eigenvalue weighted by Crippen LogP contribution is -2.51. The molecule has 2 aliphatic rings. The van der Waals surface area contributed by atoms with Gasteiger partial charge < -0.3 is 10.2 Å². The summed E-state index contributed by atoms with van der Waals surface area (Å²) in [5.74, 6) is -0.316. The molecular weight excluding hydrogens is 480 g/mol. The Hall–Kier alpha value is -2.05. The second kappa shape index (κ2) is 7.82. The molecule has 1 saturated heterocycles. The van der Waals surface area contributed by atoms with Crippen molar-refractivity contribution in [3.05, 3.63) is 44.9 Å². The van der Waals surface area contributed by atoms with Gasteiger partial charge in [-0.15, -0.1) is 22.7 Å². The largest absolute Gasteiger partial charge is 0.351 e. The van der Waals surface area contributed by atoms with E-state index in [0.717, 1.165) is 37.0 Å². The van der Waals surface area contributed by atoms with E-state index >= 15 is 0 Å². The van der Waals surface area contributed by atoms with Crippen LogP contribution in [0.25, 0.3) is 10.1 Å². The van der Waals surface area contributed by atoms with E-state index < -0.39 is 10.0 Å². The van der Waals surface area contributed by atoms with Crippen LogP contribution in [-0.2, 0) is 39.1 Å². The van der Waals surface area contributed by atoms with Gasteiger partial charge in [0.25, 0.3) is 10.0 Å². The number of halogens is 1. The molecule has 2 aliphatic heterocycles. The van der Waals surface area contributed by atoms with E-state index in [9.17, 15) is 18.0 Å². The quantitative estimate of drug-likeness (QED) is 0.597. The number of aromatic nitrogens is 1. The first kappa shape index (κ1) is 20.8. The van der Waals surface area contributed by atoms with Crippen molar-refractivity contribution in [3.63, 3.8) is 0 Å². The van der Waals surface area contributed by atoms with Crippen LogP contribution >= 0.6 is 34.3 Å². The number of carbonyl (C=O) groups excluding carboxylic acids is 2. The standard InChI is InChI=1S/C19H17ClN4O4S3/c20-12-2-1-11-5-19(30-14(11)6-12)31(27,28)24-4-3-23(18(26)10-24)9-17-22-13-7-16(25)21-8-15(13)29-17/h1-2,5-6H,3-4,7-10H2,(H,21,25). The normalized spacial score (nSPS) is 17.8. The molecule has 1 N–H and O–H groups in total. The molecule has 5 rings (SSSR count). The Bertz CT molecular complexity index is 1320. The highest BCUT2D eigenvalue weighted by atomic mass is 35.5. The first-order chi connectivity index (χ1) is 14.8. The van der Waals surface area contributed by atoms with Gasteiger partial charge in [0.1, 0.15) is 9.22 Å². The summed E-state index contributed by atoms with van der Waals surface area (Å²) in [6, 6.07) is 6.86. The number of nitrogens with one attached hydrogen (secondary N) is 1. The smallest absolute Gasteiger partial charge is 0.253 e. The van der Waals surface area contributed by atoms with Gasteiger partial charge >= 0.3 is 0 Å². The summed E-state index contributed by atoms with van der Waals surface area (Å²) in [5.41, 5.74) is 0.766. The minimum atomic E-state index is -3.77. The third-order valence-corrected chi connectivity index (χ3v) is 9.97. The number of hydrogen-bond donors (Lipinski definition) is 1. The van der Waals surface area contributed by atoms with Crippen molar-refractivity contribution in [2.24, 2.45) is 0 Å². The highest BCUT2D eigenvalue weighted by molar-refractivity contribution is 7.91. The second-order valence-corrected chi connectivity index (χ2v) is 12.2. The Kier molecular flexibility index (Phi) is 5.25. The second-order valence-electron chi connectivity index (χ2n) is 7.33. The zero-order chi connectivity index (χ0) is 21.8. The van der Waals surface area contributed by atoms with Gasteiger partial charge in [-0.05, 0) is 23.6 Å². The minimum Gasteiger partial charge on any atom is -0.351 e. The Labute approximate surface area is 191 Å². The van der Waals surface area contributed by atoms with Crippen LogP contribution in [0.4, 0.5) is 0 Å². The molecule has 0 radical (unpaired) electrons. The SMILES string of the molecule is O=C1Cc2nc(CN3CCN(S(=O)(=O)c4cc5ccc(Cl)cc5s4)CC3=O)sc2CN1. The Morgan fingerprint density at radius 2 is 2.00 bits per heavy atom. The number of thiazole rings is 1. The minimum absolute atomic E-state index is 0.0530. The monoisotopic (exact) mass is 496 g/mol. The number of carbonyl (C=O) groups is 2. The van der Waals surface area contributed by atoms with Gasteiger partial charge in [-0.3, -0.25) is 9.59 Å². The lowest BCUT2D eigenvalue weighted by atomic mass is 10.2. The number of amides is 2. The maximum Gasteiger partial charge on any atom is 0.253 e. The molecule has 8 nitrogen and oxygen atoms in total. The van der Waals surface area contributed by atoms with E-state index in [2.05, 4.69) is 10.3 Å². The molecule has 162 valence electrons. The molecule has 1 aromatic carbocycles. The van der Waals surface area contributed by atoms with Crippen molar-refractivity contribution in [2.75, 3.05) is 19.6 Å². The molecule has 3 aromatic rings. The average Bonchev–Trinajstić information content (AvgIpc) is 3.32. The van der Waals surface area contributed by atoms with Gasteiger partial charge in [-0.25, -0.2) is 13.4 Å². The van der Waals surface area contributed by atoms with E-state index in [1.54, 1.807) is 29.2 Å². The van der Waals surface area contributed by atoms with Crippen LogP contribution in [0.3, 0.4) is 0 Å². The summed E-state index contributed by atoms with van der Waals surface area (Å²) >= 11 is 8.64. The van der Waals surface area contributed by atoms with Crippen LogP contribution in [0.1, 0.15) is 15.6 Å². The number of sulfonamides is 1. The van der Waals surface area contributed by atoms with Crippen molar-refractivity contribution in [3.8, 4) is 0 Å². The van der Waals surface area contributed by atoms with Crippen molar-refractivity contribution in [1.29, 1.82) is 0 Å². The molecule has 31 heavy (non-hydrogen) atoms. The fraction of sp³-hybridized carbons (Fsp3) is 0.316. The van der Waals surface area contributed by atoms with Crippen molar-refractivity contribution >= 4 is 66.2 Å². The number of hydrogen-bond acceptors (Lipinski definition) is 7. The number of thiophene rings is 1. The van der Waals surface area contributed by atoms with Gasteiger partial charge in [0, 0.05) is 27.7 Å². The Balaban J connectivity index is 1.30. The predicted molar refractivity (Wildman–Crippen MR) is 119 cm³/mol. The van der Waals surface area contributed by atoms with Crippen molar-refractivity contribution < 1.29 is 18.0 Å². The molecule has 2 amide bonds. The molecule has 0 saturated carbocycles. The number of fused-ring (bicyclic) bond motifs is 2. The topological polar surface area (TPSA) is 99.7 Å². The molecule has 1 fully saturated rings. The van der Waals surface area contributed by atoms with Crippen LogP contribution < -0.4 is 5.32 Å². The first-order valence-corrected chi connectivity index (χ1v) is 13.0. The fourth-order valence-electron chi connectivity index (χ4n) is 3.63. The predicted octanol–water partition coefficient (Wildman–Crippen LogP) is 2.22. The van der Waals surface area contributed by atoms with Gasteiger partial charge in [-0.1, -0.05) is 17.7 Å². The molecule has 4 heterocycles. The van der Waals surface area contributed by atoms with Crippen molar-refractivity contribution in [1.82, 2.24) is 19.5 Å². The lowest BCUT2D eigenvalue weighted by Gasteiger charge is -2.32. The number of piperazine rings is 1. The highest BCUT2D eigenvalue weighted by Crippen LogP contribution is 2.33. The molecule has 0 atom stereocenters. The highest BCUT2D eigenvalue weighted by Gasteiger charge is 2.34. The number of rotatable bonds is 4. The molecule has 0 spiro atoms. The molecule has 0 aliphatic carbocycles. The van der Waals surface area contributed by atoms with Gasteiger partial charge in [0.15, 0.2) is 0 Å². The summed E-state index contributed by atoms with van der Waals surface area (Å²) in [5, 5.41) is 4.89. The van der Waals surface area contributed by atoms with E-state index in [-0.39, 0.29) is 42.1 Å². The van der Waals surface area contributed by atoms with E-state index in [1.165, 1.54) is 15.6 Å². The Morgan fingerprint density at radius 1 is 1.16 bits per heavy atom. The van der Waals surface area contributed by atoms with Crippen molar-refractivity contribution in [2.45, 2.75) is 23.7 Å². The van der Waals surface area contributed by atoms with E-state index in [1.807, 2.05) is 0 Å². The third kappa shape index (κ3) is 3.96. The molecule has 2 aromatic heterocycles. The van der Waals surface area contributed by atoms with Gasteiger partial charge in [0.2, 0.25) is 11.8 Å². The fourth-order valence-corrected chi connectivity index (χ4v) is 7.88. The van der Waals surface area contributed by atoms with Gasteiger partial charge in [-0.2, -0.15) is 4.31 Å². The molecule has 0 unspecified atom stereocenters. The maximum absolute atomic E-state index is 13.1. The number of nitrogens with zero attached hydrogens (tertiary/aromatic N) is 3. The summed E-state index contributed by atoms with van der Waals surface area (Å²) in [7, 11) is -3.77. The summed E-state index contributed by atoms with van der Waals surface area (Å²) in [4.78, 5) is 31.4. The molecular formula is C19H17ClN4O4S3. The van der Waals surface area contributed by atoms with Crippen LogP contribution in [0.15, 0.2) is 28.5 Å². The summed E-state index contributed by atoms with van der Waals surface area (Å²) < 4.78 is 28.4. The summed E-state index contributed by atoms with van der Waals surface area (Å²) in [6.45, 7) is 1.08. The average molecular weight is 497 g/mol. The third-order valence-electron chi connectivity index (χ3n) is 5.26. The van der Waals surface area contributed by atoms with E-state index in [0.29, 0.717) is 18.1 Å². The van der Waals surface area contributed by atoms with E-state index in [4.69, 9.17) is 11.6 Å². The molecule has 0 bridgehead atoms. The Morgan fingerprint density at radius 3 is 2.81 bits per heavy atom. The van der Waals surface area contributed by atoms with Crippen LogP contribution in [-0.4, -0.2) is 54.1 Å². The zero-order valence-corrected chi connectivity index (χ0v) is 19.3.